The lowest BCUT2D eigenvalue weighted by Crippen LogP contribution is -2.39. The number of carbonyl (C=O) groups excluding carboxylic acids is 1. The van der Waals surface area contributed by atoms with Crippen molar-refractivity contribution in [2.75, 3.05) is 13.1 Å². The van der Waals surface area contributed by atoms with Gasteiger partial charge < -0.3 is 4.90 Å². The van der Waals surface area contributed by atoms with Gasteiger partial charge in [0.25, 0.3) is 5.91 Å². The van der Waals surface area contributed by atoms with E-state index < -0.39 is 0 Å². The first-order valence-electron chi connectivity index (χ1n) is 9.81. The molecule has 0 spiro atoms. The zero-order valence-corrected chi connectivity index (χ0v) is 16.6. The van der Waals surface area contributed by atoms with Crippen LogP contribution in [0.2, 0.25) is 0 Å². The second-order valence-electron chi connectivity index (χ2n) is 7.72. The number of aromatic nitrogens is 5. The van der Waals surface area contributed by atoms with E-state index >= 15 is 0 Å². The summed E-state index contributed by atoms with van der Waals surface area (Å²) in [5, 5.41) is 4.12. The van der Waals surface area contributed by atoms with Gasteiger partial charge in [-0.15, -0.1) is 0 Å². The molecule has 4 heterocycles. The first-order chi connectivity index (χ1) is 13.5. The van der Waals surface area contributed by atoms with Gasteiger partial charge in [0.2, 0.25) is 0 Å². The maximum absolute atomic E-state index is 12.8. The smallest absolute Gasteiger partial charge is 0.257 e. The summed E-state index contributed by atoms with van der Waals surface area (Å²) >= 11 is 0. The first kappa shape index (κ1) is 18.4. The fourth-order valence-corrected chi connectivity index (χ4v) is 3.85. The summed E-state index contributed by atoms with van der Waals surface area (Å²) in [4.78, 5) is 24.1. The molecule has 1 aliphatic heterocycles. The minimum absolute atomic E-state index is 0.0469. The zero-order valence-electron chi connectivity index (χ0n) is 16.6. The lowest BCUT2D eigenvalue weighted by atomic mass is 9.94. The van der Waals surface area contributed by atoms with Crippen LogP contribution in [-0.4, -0.2) is 48.2 Å². The minimum Gasteiger partial charge on any atom is -0.338 e. The van der Waals surface area contributed by atoms with Crippen molar-refractivity contribution < 1.29 is 4.79 Å². The van der Waals surface area contributed by atoms with Gasteiger partial charge in [-0.2, -0.15) is 5.10 Å². The third-order valence-corrected chi connectivity index (χ3v) is 5.27. The third-order valence-electron chi connectivity index (χ3n) is 5.27. The Morgan fingerprint density at radius 2 is 2.14 bits per heavy atom. The van der Waals surface area contributed by atoms with Gasteiger partial charge in [0.15, 0.2) is 0 Å². The van der Waals surface area contributed by atoms with E-state index in [-0.39, 0.29) is 11.8 Å². The molecule has 1 aliphatic rings. The average molecular weight is 378 g/mol. The summed E-state index contributed by atoms with van der Waals surface area (Å²) in [5.74, 6) is 2.49. The Balaban J connectivity index is 1.56. The van der Waals surface area contributed by atoms with E-state index in [1.165, 1.54) is 0 Å². The van der Waals surface area contributed by atoms with Crippen LogP contribution in [0.1, 0.15) is 60.4 Å². The average Bonchev–Trinajstić information content (AvgIpc) is 3.37. The first-order valence-corrected chi connectivity index (χ1v) is 9.81. The number of amides is 1. The monoisotopic (exact) mass is 378 g/mol. The second kappa shape index (κ2) is 7.58. The molecule has 7 heteroatoms. The maximum atomic E-state index is 12.8. The molecule has 1 atom stereocenters. The number of aryl methyl sites for hydroxylation is 1. The van der Waals surface area contributed by atoms with Gasteiger partial charge in [0.1, 0.15) is 11.6 Å². The molecular formula is C21H26N6O. The third kappa shape index (κ3) is 3.56. The van der Waals surface area contributed by atoms with E-state index in [1.54, 1.807) is 17.1 Å². The van der Waals surface area contributed by atoms with Crippen LogP contribution in [0.15, 0.2) is 43.0 Å². The molecular weight excluding hydrogens is 352 g/mol. The molecule has 0 aliphatic carbocycles. The largest absolute Gasteiger partial charge is 0.338 e. The number of hydrogen-bond donors (Lipinski definition) is 0. The number of nitrogens with zero attached hydrogens (tertiary/aromatic N) is 6. The fourth-order valence-electron chi connectivity index (χ4n) is 3.85. The van der Waals surface area contributed by atoms with Crippen LogP contribution in [-0.2, 0) is 7.05 Å². The molecule has 7 nitrogen and oxygen atoms in total. The van der Waals surface area contributed by atoms with Crippen LogP contribution in [0.4, 0.5) is 0 Å². The highest BCUT2D eigenvalue weighted by atomic mass is 16.2. The number of pyridine rings is 1. The Hall–Kier alpha value is -2.96. The topological polar surface area (TPSA) is 68.8 Å². The molecule has 1 fully saturated rings. The summed E-state index contributed by atoms with van der Waals surface area (Å²) in [6.07, 6.45) is 9.20. The number of rotatable bonds is 4. The molecule has 3 aromatic rings. The van der Waals surface area contributed by atoms with Crippen molar-refractivity contribution in [3.8, 4) is 5.82 Å². The fraction of sp³-hybridized carbons (Fsp3) is 0.429. The van der Waals surface area contributed by atoms with Gasteiger partial charge in [-0.25, -0.2) is 9.97 Å². The lowest BCUT2D eigenvalue weighted by molar-refractivity contribution is 0.0706. The Labute approximate surface area is 165 Å². The Bertz CT molecular complexity index is 973. The maximum Gasteiger partial charge on any atom is 0.257 e. The van der Waals surface area contributed by atoms with Crippen molar-refractivity contribution in [2.24, 2.45) is 7.05 Å². The van der Waals surface area contributed by atoms with Crippen molar-refractivity contribution >= 4 is 5.91 Å². The van der Waals surface area contributed by atoms with E-state index in [2.05, 4.69) is 34.6 Å². The van der Waals surface area contributed by atoms with Crippen molar-refractivity contribution in [3.63, 3.8) is 0 Å². The van der Waals surface area contributed by atoms with Crippen molar-refractivity contribution in [3.05, 3.63) is 60.1 Å². The highest BCUT2D eigenvalue weighted by molar-refractivity contribution is 5.93. The summed E-state index contributed by atoms with van der Waals surface area (Å²) in [6, 6.07) is 6.13. The van der Waals surface area contributed by atoms with E-state index in [4.69, 9.17) is 4.98 Å². The number of likely N-dealkylation sites (tertiary alicyclic amines) is 1. The van der Waals surface area contributed by atoms with Crippen LogP contribution in [0.5, 0.6) is 0 Å². The lowest BCUT2D eigenvalue weighted by Gasteiger charge is -2.32. The second-order valence-corrected chi connectivity index (χ2v) is 7.72. The van der Waals surface area contributed by atoms with E-state index in [1.807, 2.05) is 36.5 Å². The summed E-state index contributed by atoms with van der Waals surface area (Å²) < 4.78 is 3.71. The van der Waals surface area contributed by atoms with Crippen LogP contribution in [0.25, 0.3) is 5.82 Å². The van der Waals surface area contributed by atoms with Gasteiger partial charge in [0, 0.05) is 56.3 Å². The number of hydrogen-bond acceptors (Lipinski definition) is 4. The van der Waals surface area contributed by atoms with Gasteiger partial charge in [0.05, 0.1) is 11.8 Å². The van der Waals surface area contributed by atoms with Crippen LogP contribution in [0, 0.1) is 0 Å². The van der Waals surface area contributed by atoms with Gasteiger partial charge in [-0.1, -0.05) is 19.9 Å². The van der Waals surface area contributed by atoms with Crippen LogP contribution < -0.4 is 0 Å². The number of imidazole rings is 1. The molecule has 0 saturated carbocycles. The number of piperidine rings is 1. The number of carbonyl (C=O) groups is 1. The zero-order chi connectivity index (χ0) is 19.7. The van der Waals surface area contributed by atoms with Gasteiger partial charge in [-0.05, 0) is 25.0 Å². The highest BCUT2D eigenvalue weighted by Gasteiger charge is 2.27. The molecule has 4 rings (SSSR count). The predicted molar refractivity (Wildman–Crippen MR) is 107 cm³/mol. The molecule has 28 heavy (non-hydrogen) atoms. The molecule has 0 radical (unpaired) electrons. The normalized spacial score (nSPS) is 17.3. The van der Waals surface area contributed by atoms with Crippen molar-refractivity contribution in [2.45, 2.75) is 38.5 Å². The van der Waals surface area contributed by atoms with Gasteiger partial charge >= 0.3 is 0 Å². The molecule has 1 saturated heterocycles. The Kier molecular flexibility index (Phi) is 4.98. The van der Waals surface area contributed by atoms with Crippen LogP contribution in [0.3, 0.4) is 0 Å². The molecule has 1 amide bonds. The SMILES string of the molecule is CC(C)c1nccn1-c1cccc(C2CCCN(C(=O)c3cnn(C)c3)C2)n1. The Morgan fingerprint density at radius 3 is 2.89 bits per heavy atom. The van der Waals surface area contributed by atoms with Crippen LogP contribution >= 0.6 is 0 Å². The van der Waals surface area contributed by atoms with E-state index in [0.717, 1.165) is 36.7 Å². The summed E-state index contributed by atoms with van der Waals surface area (Å²) in [7, 11) is 1.83. The molecule has 0 N–H and O–H groups in total. The molecule has 1 unspecified atom stereocenters. The molecule has 3 aromatic heterocycles. The van der Waals surface area contributed by atoms with Crippen molar-refractivity contribution in [1.82, 2.24) is 29.2 Å². The molecule has 0 bridgehead atoms. The highest BCUT2D eigenvalue weighted by Crippen LogP contribution is 2.27. The molecule has 146 valence electrons. The van der Waals surface area contributed by atoms with E-state index in [0.29, 0.717) is 18.0 Å². The predicted octanol–water partition coefficient (Wildman–Crippen LogP) is 3.14. The summed E-state index contributed by atoms with van der Waals surface area (Å²) in [6.45, 7) is 5.73. The minimum atomic E-state index is 0.0469. The van der Waals surface area contributed by atoms with E-state index in [9.17, 15) is 4.79 Å². The standard InChI is InChI=1S/C21H26N6O/c1-15(2)20-22-9-11-27(20)19-8-4-7-18(24-19)16-6-5-10-26(14-16)21(28)17-12-23-25(3)13-17/h4,7-9,11-13,15-16H,5-6,10,14H2,1-3H3. The summed E-state index contributed by atoms with van der Waals surface area (Å²) in [5.41, 5.74) is 1.68. The van der Waals surface area contributed by atoms with Gasteiger partial charge in [-0.3, -0.25) is 14.0 Å². The van der Waals surface area contributed by atoms with Crippen molar-refractivity contribution in [1.29, 1.82) is 0 Å². The quantitative estimate of drug-likeness (QED) is 0.699. The Morgan fingerprint density at radius 1 is 1.29 bits per heavy atom. The molecule has 0 aromatic carbocycles.